The fourth-order valence-corrected chi connectivity index (χ4v) is 1.94. The van der Waals surface area contributed by atoms with Gasteiger partial charge in [0.25, 0.3) is 0 Å². The van der Waals surface area contributed by atoms with Gasteiger partial charge in [0.15, 0.2) is 0 Å². The van der Waals surface area contributed by atoms with E-state index in [9.17, 15) is 14.0 Å². The summed E-state index contributed by atoms with van der Waals surface area (Å²) in [4.78, 5) is 25.7. The van der Waals surface area contributed by atoms with Crippen LogP contribution in [0.4, 0.5) is 9.18 Å². The number of benzene rings is 1. The Labute approximate surface area is 116 Å². The number of amides is 3. The summed E-state index contributed by atoms with van der Waals surface area (Å²) >= 11 is 0. The Morgan fingerprint density at radius 3 is 2.65 bits per heavy atom. The standard InChI is InChI=1S/C14H16FN3O2/c15-13-3-1-2-12(10-13)4-5-16-14(20)18-8-6-17(11-19)7-9-18/h1-5,10-11H,6-9H2,(H,16,20)/b5-4+. The number of carbonyl (C=O) groups is 2. The Hall–Kier alpha value is -2.37. The van der Waals surface area contributed by atoms with Crippen molar-refractivity contribution in [2.24, 2.45) is 0 Å². The molecule has 0 radical (unpaired) electrons. The summed E-state index contributed by atoms with van der Waals surface area (Å²) in [5, 5.41) is 2.63. The van der Waals surface area contributed by atoms with Gasteiger partial charge in [0.1, 0.15) is 5.82 Å². The minimum atomic E-state index is -0.316. The van der Waals surface area contributed by atoms with Gasteiger partial charge < -0.3 is 15.1 Å². The van der Waals surface area contributed by atoms with E-state index in [1.807, 2.05) is 0 Å². The van der Waals surface area contributed by atoms with E-state index in [2.05, 4.69) is 5.32 Å². The highest BCUT2D eigenvalue weighted by molar-refractivity contribution is 5.76. The number of hydrogen-bond acceptors (Lipinski definition) is 2. The van der Waals surface area contributed by atoms with E-state index >= 15 is 0 Å². The molecule has 1 aliphatic rings. The maximum Gasteiger partial charge on any atom is 0.321 e. The van der Waals surface area contributed by atoms with E-state index in [0.717, 1.165) is 6.41 Å². The van der Waals surface area contributed by atoms with Gasteiger partial charge in [-0.25, -0.2) is 9.18 Å². The van der Waals surface area contributed by atoms with Gasteiger partial charge in [0.2, 0.25) is 6.41 Å². The molecular formula is C14H16FN3O2. The molecule has 5 nitrogen and oxygen atoms in total. The zero-order valence-corrected chi connectivity index (χ0v) is 11.0. The predicted molar refractivity (Wildman–Crippen MR) is 73.2 cm³/mol. The van der Waals surface area contributed by atoms with Crippen LogP contribution in [0.5, 0.6) is 0 Å². The number of piperazine rings is 1. The van der Waals surface area contributed by atoms with Crippen molar-refractivity contribution in [2.75, 3.05) is 26.2 Å². The van der Waals surface area contributed by atoms with Crippen LogP contribution in [0, 0.1) is 5.82 Å². The fraction of sp³-hybridized carbons (Fsp3) is 0.286. The molecule has 0 atom stereocenters. The lowest BCUT2D eigenvalue weighted by Gasteiger charge is -2.32. The molecule has 1 aromatic rings. The number of nitrogens with zero attached hydrogens (tertiary/aromatic N) is 2. The van der Waals surface area contributed by atoms with Crippen LogP contribution >= 0.6 is 0 Å². The molecule has 1 aromatic carbocycles. The molecule has 0 saturated carbocycles. The maximum atomic E-state index is 13.0. The number of rotatable bonds is 3. The molecule has 2 rings (SSSR count). The third kappa shape index (κ3) is 3.81. The van der Waals surface area contributed by atoms with Crippen molar-refractivity contribution >= 4 is 18.5 Å². The van der Waals surface area contributed by atoms with Gasteiger partial charge in [0.05, 0.1) is 0 Å². The van der Waals surface area contributed by atoms with Crippen LogP contribution in [0.15, 0.2) is 30.5 Å². The first-order valence-electron chi connectivity index (χ1n) is 6.36. The van der Waals surface area contributed by atoms with Crippen molar-refractivity contribution in [3.05, 3.63) is 41.8 Å². The van der Waals surface area contributed by atoms with Crippen LogP contribution in [0.2, 0.25) is 0 Å². The molecule has 6 heteroatoms. The largest absolute Gasteiger partial charge is 0.342 e. The van der Waals surface area contributed by atoms with Gasteiger partial charge in [-0.15, -0.1) is 0 Å². The topological polar surface area (TPSA) is 52.7 Å². The second-order valence-electron chi connectivity index (χ2n) is 4.47. The minimum Gasteiger partial charge on any atom is -0.342 e. The van der Waals surface area contributed by atoms with Gasteiger partial charge in [-0.1, -0.05) is 12.1 Å². The summed E-state index contributed by atoms with van der Waals surface area (Å²) in [6.07, 6.45) is 3.91. The molecule has 20 heavy (non-hydrogen) atoms. The molecule has 1 heterocycles. The second kappa shape index (κ2) is 6.70. The number of halogens is 1. The zero-order valence-electron chi connectivity index (χ0n) is 11.0. The highest BCUT2D eigenvalue weighted by atomic mass is 19.1. The predicted octanol–water partition coefficient (Wildman–Crippen LogP) is 1.28. The van der Waals surface area contributed by atoms with Crippen LogP contribution < -0.4 is 5.32 Å². The molecule has 0 bridgehead atoms. The summed E-state index contributed by atoms with van der Waals surface area (Å²) in [6.45, 7) is 2.12. The lowest BCUT2D eigenvalue weighted by atomic mass is 10.2. The number of nitrogens with one attached hydrogen (secondary N) is 1. The maximum absolute atomic E-state index is 13.0. The monoisotopic (exact) mass is 277 g/mol. The van der Waals surface area contributed by atoms with E-state index in [1.165, 1.54) is 18.3 Å². The van der Waals surface area contributed by atoms with Gasteiger partial charge in [-0.3, -0.25) is 4.79 Å². The van der Waals surface area contributed by atoms with Gasteiger partial charge in [0, 0.05) is 32.4 Å². The van der Waals surface area contributed by atoms with Crippen LogP contribution in [0.1, 0.15) is 5.56 Å². The van der Waals surface area contributed by atoms with Crippen molar-refractivity contribution in [2.45, 2.75) is 0 Å². The Morgan fingerprint density at radius 2 is 2.00 bits per heavy atom. The average molecular weight is 277 g/mol. The quantitative estimate of drug-likeness (QED) is 0.846. The van der Waals surface area contributed by atoms with Crippen LogP contribution in [-0.4, -0.2) is 48.4 Å². The van der Waals surface area contributed by atoms with E-state index in [0.29, 0.717) is 31.7 Å². The molecule has 1 aliphatic heterocycles. The normalized spacial score (nSPS) is 15.4. The van der Waals surface area contributed by atoms with E-state index in [4.69, 9.17) is 0 Å². The van der Waals surface area contributed by atoms with Gasteiger partial charge >= 0.3 is 6.03 Å². The SMILES string of the molecule is O=CN1CCN(C(=O)N/C=C/c2cccc(F)c2)CC1. The van der Waals surface area contributed by atoms with Gasteiger partial charge in [-0.2, -0.15) is 0 Å². The van der Waals surface area contributed by atoms with Crippen molar-refractivity contribution < 1.29 is 14.0 Å². The fourth-order valence-electron chi connectivity index (χ4n) is 1.94. The van der Waals surface area contributed by atoms with Crippen LogP contribution in [-0.2, 0) is 4.79 Å². The summed E-state index contributed by atoms with van der Waals surface area (Å²) < 4.78 is 13.0. The first kappa shape index (κ1) is 14.0. The summed E-state index contributed by atoms with van der Waals surface area (Å²) in [6, 6.07) is 5.88. The molecular weight excluding hydrogens is 261 g/mol. The second-order valence-corrected chi connectivity index (χ2v) is 4.47. The molecule has 0 unspecified atom stereocenters. The Balaban J connectivity index is 1.82. The highest BCUT2D eigenvalue weighted by Crippen LogP contribution is 2.05. The highest BCUT2D eigenvalue weighted by Gasteiger charge is 2.18. The Morgan fingerprint density at radius 1 is 1.25 bits per heavy atom. The Kier molecular flexibility index (Phi) is 4.70. The van der Waals surface area contributed by atoms with E-state index in [1.54, 1.807) is 28.0 Å². The van der Waals surface area contributed by atoms with Crippen LogP contribution in [0.25, 0.3) is 6.08 Å². The van der Waals surface area contributed by atoms with Crippen molar-refractivity contribution in [3.63, 3.8) is 0 Å². The van der Waals surface area contributed by atoms with E-state index < -0.39 is 0 Å². The molecule has 0 aliphatic carbocycles. The number of hydrogen-bond donors (Lipinski definition) is 1. The first-order valence-corrected chi connectivity index (χ1v) is 6.36. The Bertz CT molecular complexity index is 511. The lowest BCUT2D eigenvalue weighted by molar-refractivity contribution is -0.119. The van der Waals surface area contributed by atoms with Crippen molar-refractivity contribution in [1.29, 1.82) is 0 Å². The smallest absolute Gasteiger partial charge is 0.321 e. The third-order valence-corrected chi connectivity index (χ3v) is 3.08. The summed E-state index contributed by atoms with van der Waals surface area (Å²) in [5.74, 6) is -0.316. The summed E-state index contributed by atoms with van der Waals surface area (Å²) in [7, 11) is 0. The number of carbonyl (C=O) groups excluding carboxylic acids is 2. The molecule has 1 fully saturated rings. The first-order chi connectivity index (χ1) is 9.69. The molecule has 0 aromatic heterocycles. The molecule has 106 valence electrons. The zero-order chi connectivity index (χ0) is 14.4. The molecule has 1 saturated heterocycles. The van der Waals surface area contributed by atoms with Crippen molar-refractivity contribution in [3.8, 4) is 0 Å². The molecule has 0 spiro atoms. The van der Waals surface area contributed by atoms with Gasteiger partial charge in [-0.05, 0) is 23.8 Å². The van der Waals surface area contributed by atoms with Crippen LogP contribution in [0.3, 0.4) is 0 Å². The van der Waals surface area contributed by atoms with Crippen molar-refractivity contribution in [1.82, 2.24) is 15.1 Å². The lowest BCUT2D eigenvalue weighted by Crippen LogP contribution is -2.50. The minimum absolute atomic E-state index is 0.219. The summed E-state index contributed by atoms with van der Waals surface area (Å²) in [5.41, 5.74) is 0.677. The molecule has 3 amide bonds. The van der Waals surface area contributed by atoms with E-state index in [-0.39, 0.29) is 11.8 Å². The average Bonchev–Trinajstić information content (AvgIpc) is 2.47. The number of urea groups is 1. The molecule has 1 N–H and O–H groups in total. The third-order valence-electron chi connectivity index (χ3n) is 3.08.